The third-order valence-electron chi connectivity index (χ3n) is 4.38. The van der Waals surface area contributed by atoms with Crippen molar-refractivity contribution < 1.29 is 44.3 Å². The third kappa shape index (κ3) is 20.1. The van der Waals surface area contributed by atoms with Gasteiger partial charge in [-0.3, -0.25) is 4.79 Å². The third-order valence-corrected chi connectivity index (χ3v) is 4.38. The summed E-state index contributed by atoms with van der Waals surface area (Å²) in [6.07, 6.45) is 15.6. The molecule has 0 heterocycles. The topological polar surface area (TPSA) is 95.2 Å². The average molecular weight is 365 g/mol. The minimum atomic E-state index is -1.16. The molecule has 0 aliphatic heterocycles. The number of rotatable bonds is 18. The molecule has 0 bridgehead atoms. The second kappa shape index (κ2) is 20.2. The summed E-state index contributed by atoms with van der Waals surface area (Å²) in [6, 6.07) is -0.773. The second-order valence-electron chi connectivity index (χ2n) is 6.72. The molecule has 142 valence electrons. The molecule has 0 aromatic carbocycles. The van der Waals surface area contributed by atoms with E-state index in [2.05, 4.69) is 12.2 Å². The van der Waals surface area contributed by atoms with E-state index in [1.165, 1.54) is 64.2 Å². The van der Waals surface area contributed by atoms with E-state index < -0.39 is 17.9 Å². The normalized spacial score (nSPS) is 11.7. The molecule has 5 nitrogen and oxygen atoms in total. The molecule has 0 saturated heterocycles. The van der Waals surface area contributed by atoms with Crippen molar-refractivity contribution in [1.82, 2.24) is 5.32 Å². The Hall–Kier alpha value is -0.100. The number of carboxylic acids is 1. The van der Waals surface area contributed by atoms with Crippen LogP contribution >= 0.6 is 0 Å². The minimum absolute atomic E-state index is 0. The van der Waals surface area contributed by atoms with Gasteiger partial charge < -0.3 is 21.0 Å². The summed E-state index contributed by atoms with van der Waals surface area (Å²) in [6.45, 7) is 2.89. The minimum Gasteiger partial charge on any atom is -0.548 e. The molecular formula is C19H37N2NaO3. The molecule has 1 amide bonds. The predicted octanol–water partition coefficient (Wildman–Crippen LogP) is -0.335. The van der Waals surface area contributed by atoms with Gasteiger partial charge in [0.25, 0.3) is 0 Å². The molecule has 0 radical (unpaired) electrons. The van der Waals surface area contributed by atoms with E-state index >= 15 is 0 Å². The van der Waals surface area contributed by atoms with Crippen molar-refractivity contribution in [2.45, 2.75) is 103 Å². The van der Waals surface area contributed by atoms with Gasteiger partial charge in [0.05, 0.1) is 5.97 Å². The van der Waals surface area contributed by atoms with Crippen LogP contribution in [0.4, 0.5) is 0 Å². The van der Waals surface area contributed by atoms with Gasteiger partial charge >= 0.3 is 29.6 Å². The van der Waals surface area contributed by atoms with Crippen LogP contribution < -0.4 is 45.7 Å². The number of primary amides is 1. The quantitative estimate of drug-likeness (QED) is 0.257. The summed E-state index contributed by atoms with van der Waals surface area (Å²) < 4.78 is 0. The van der Waals surface area contributed by atoms with Crippen molar-refractivity contribution in [2.75, 3.05) is 6.54 Å². The molecular weight excluding hydrogens is 327 g/mol. The SMILES string of the molecule is CCCCCCCCCCCCCCN[C@@H](CCC(N)=O)C(=O)[O-].[Na+]. The van der Waals surface area contributed by atoms with Crippen LogP contribution in [0.1, 0.15) is 96.8 Å². The zero-order chi connectivity index (χ0) is 18.0. The molecule has 0 fully saturated rings. The second-order valence-corrected chi connectivity index (χ2v) is 6.72. The number of carbonyl (C=O) groups is 2. The molecule has 0 aliphatic rings. The molecule has 25 heavy (non-hydrogen) atoms. The zero-order valence-electron chi connectivity index (χ0n) is 16.5. The number of amides is 1. The fraction of sp³-hybridized carbons (Fsp3) is 0.895. The van der Waals surface area contributed by atoms with Crippen LogP contribution in [0.3, 0.4) is 0 Å². The maximum Gasteiger partial charge on any atom is 1.00 e. The summed E-state index contributed by atoms with van der Waals surface area (Å²) in [7, 11) is 0. The van der Waals surface area contributed by atoms with Crippen molar-refractivity contribution in [3.63, 3.8) is 0 Å². The predicted molar refractivity (Wildman–Crippen MR) is 96.3 cm³/mol. The maximum atomic E-state index is 10.9. The van der Waals surface area contributed by atoms with Crippen LogP contribution in [-0.4, -0.2) is 24.5 Å². The first-order valence-corrected chi connectivity index (χ1v) is 9.80. The van der Waals surface area contributed by atoms with E-state index in [0.29, 0.717) is 6.54 Å². The van der Waals surface area contributed by atoms with E-state index in [4.69, 9.17) is 5.73 Å². The Morgan fingerprint density at radius 3 is 1.72 bits per heavy atom. The van der Waals surface area contributed by atoms with Crippen molar-refractivity contribution >= 4 is 11.9 Å². The summed E-state index contributed by atoms with van der Waals surface area (Å²) in [5.74, 6) is -1.64. The Balaban J connectivity index is 0. The van der Waals surface area contributed by atoms with Crippen molar-refractivity contribution in [3.8, 4) is 0 Å². The molecule has 0 saturated carbocycles. The van der Waals surface area contributed by atoms with E-state index in [-0.39, 0.29) is 42.4 Å². The van der Waals surface area contributed by atoms with Crippen LogP contribution in [0.15, 0.2) is 0 Å². The Morgan fingerprint density at radius 1 is 0.880 bits per heavy atom. The Bertz CT molecular complexity index is 328. The number of carboxylic acid groups (broad SMARTS) is 1. The van der Waals surface area contributed by atoms with Crippen LogP contribution in [0.5, 0.6) is 0 Å². The van der Waals surface area contributed by atoms with Gasteiger partial charge in [-0.2, -0.15) is 0 Å². The standard InChI is InChI=1S/C19H38N2O3.Na/c1-2-3-4-5-6-7-8-9-10-11-12-13-16-21-17(19(23)24)14-15-18(20)22;/h17,21H,2-16H2,1H3,(H2,20,22)(H,23,24);/q;+1/p-1/t17-;/m0./s1. The van der Waals surface area contributed by atoms with Gasteiger partial charge in [0, 0.05) is 12.5 Å². The zero-order valence-corrected chi connectivity index (χ0v) is 18.5. The monoisotopic (exact) mass is 364 g/mol. The fourth-order valence-electron chi connectivity index (χ4n) is 2.83. The number of hydrogen-bond acceptors (Lipinski definition) is 4. The molecule has 0 aromatic rings. The van der Waals surface area contributed by atoms with Gasteiger partial charge in [-0.25, -0.2) is 0 Å². The fourth-order valence-corrected chi connectivity index (χ4v) is 2.83. The molecule has 6 heteroatoms. The number of carbonyl (C=O) groups excluding carboxylic acids is 2. The van der Waals surface area contributed by atoms with Gasteiger partial charge in [0.1, 0.15) is 0 Å². The van der Waals surface area contributed by atoms with Gasteiger partial charge in [0.2, 0.25) is 5.91 Å². The van der Waals surface area contributed by atoms with Gasteiger partial charge in [-0.05, 0) is 19.4 Å². The summed E-state index contributed by atoms with van der Waals surface area (Å²) >= 11 is 0. The molecule has 1 atom stereocenters. The summed E-state index contributed by atoms with van der Waals surface area (Å²) in [4.78, 5) is 21.6. The first-order valence-electron chi connectivity index (χ1n) is 9.80. The Morgan fingerprint density at radius 2 is 1.32 bits per heavy atom. The average Bonchev–Trinajstić information content (AvgIpc) is 2.54. The van der Waals surface area contributed by atoms with E-state index in [9.17, 15) is 14.7 Å². The van der Waals surface area contributed by atoms with Crippen LogP contribution in [0, 0.1) is 0 Å². The van der Waals surface area contributed by atoms with Crippen molar-refractivity contribution in [1.29, 1.82) is 0 Å². The van der Waals surface area contributed by atoms with Crippen LogP contribution in [0.25, 0.3) is 0 Å². The van der Waals surface area contributed by atoms with Crippen LogP contribution in [0.2, 0.25) is 0 Å². The summed E-state index contributed by atoms with van der Waals surface area (Å²) in [5.41, 5.74) is 5.04. The van der Waals surface area contributed by atoms with Crippen LogP contribution in [-0.2, 0) is 9.59 Å². The van der Waals surface area contributed by atoms with Gasteiger partial charge in [0.15, 0.2) is 0 Å². The van der Waals surface area contributed by atoms with Crippen molar-refractivity contribution in [2.24, 2.45) is 5.73 Å². The largest absolute Gasteiger partial charge is 1.00 e. The maximum absolute atomic E-state index is 10.9. The number of nitrogens with one attached hydrogen (secondary N) is 1. The number of unbranched alkanes of at least 4 members (excludes halogenated alkanes) is 11. The van der Waals surface area contributed by atoms with E-state index in [0.717, 1.165) is 12.8 Å². The van der Waals surface area contributed by atoms with Crippen molar-refractivity contribution in [3.05, 3.63) is 0 Å². The molecule has 0 aliphatic carbocycles. The molecule has 3 N–H and O–H groups in total. The Kier molecular flexibility index (Phi) is 21.9. The van der Waals surface area contributed by atoms with Gasteiger partial charge in [-0.1, -0.05) is 77.6 Å². The molecule has 0 aromatic heterocycles. The first-order chi connectivity index (χ1) is 11.6. The molecule has 0 unspecified atom stereocenters. The first kappa shape index (κ1) is 27.1. The Labute approximate surface area is 176 Å². The molecule has 0 spiro atoms. The summed E-state index contributed by atoms with van der Waals surface area (Å²) in [5, 5.41) is 13.9. The van der Waals surface area contributed by atoms with E-state index in [1.807, 2.05) is 0 Å². The number of nitrogens with two attached hydrogens (primary N) is 1. The van der Waals surface area contributed by atoms with Gasteiger partial charge in [-0.15, -0.1) is 0 Å². The molecule has 0 rings (SSSR count). The number of hydrogen-bond donors (Lipinski definition) is 2. The van der Waals surface area contributed by atoms with E-state index in [1.54, 1.807) is 0 Å². The smallest absolute Gasteiger partial charge is 0.548 e. The number of aliphatic carboxylic acids is 1.